The molecule has 1 unspecified atom stereocenters. The zero-order chi connectivity index (χ0) is 35.5. The van der Waals surface area contributed by atoms with Gasteiger partial charge in [-0.05, 0) is 149 Å². The number of aliphatic carboxylic acids is 1. The largest absolute Gasteiger partial charge is 0.481 e. The van der Waals surface area contributed by atoms with Crippen molar-refractivity contribution in [1.29, 1.82) is 0 Å². The van der Waals surface area contributed by atoms with Crippen molar-refractivity contribution < 1.29 is 9.90 Å². The van der Waals surface area contributed by atoms with Crippen LogP contribution in [0.2, 0.25) is 0 Å². The molecular weight excluding hydrogens is 615 g/mol. The van der Waals surface area contributed by atoms with Gasteiger partial charge in [-0.25, -0.2) is 0 Å². The number of hydrogen-bond acceptors (Lipinski definition) is 4. The average Bonchev–Trinajstić information content (AvgIpc) is 3.49. The maximum Gasteiger partial charge on any atom is 0.300 e. The van der Waals surface area contributed by atoms with E-state index < -0.39 is 5.97 Å². The Kier molecular flexibility index (Phi) is 13.5. The number of carbonyl (C=O) groups is 1. The summed E-state index contributed by atoms with van der Waals surface area (Å²) in [6.45, 7) is 10.6. The molecule has 5 heteroatoms. The van der Waals surface area contributed by atoms with Gasteiger partial charge in [0.2, 0.25) is 0 Å². The minimum absolute atomic E-state index is 0.319. The van der Waals surface area contributed by atoms with E-state index in [4.69, 9.17) is 9.90 Å². The van der Waals surface area contributed by atoms with Crippen LogP contribution in [0, 0.1) is 18.8 Å². The highest BCUT2D eigenvalue weighted by molar-refractivity contribution is 5.63. The molecule has 1 aliphatic heterocycles. The van der Waals surface area contributed by atoms with Crippen LogP contribution in [0.25, 0.3) is 0 Å². The molecule has 4 fully saturated rings. The highest BCUT2D eigenvalue weighted by Gasteiger charge is 2.30. The molecule has 0 spiro atoms. The van der Waals surface area contributed by atoms with Gasteiger partial charge in [-0.2, -0.15) is 0 Å². The Morgan fingerprint density at radius 3 is 2.26 bits per heavy atom. The van der Waals surface area contributed by atoms with Gasteiger partial charge >= 0.3 is 0 Å². The number of nitrogens with zero attached hydrogens (tertiary/aromatic N) is 1. The third-order valence-electron chi connectivity index (χ3n) is 10.7. The standard InChI is InChI=1S/C41H49N3.C2H4O2.C2H6/c1-29-10-5-12-31(26-29)21-23-36-19-9-25-44(36)40(34-15-7-16-34)28-32-22-24-39(37(27-32)33-13-6-14-33)43-41(35-17-8-18-35)42-38-20-4-3-11-30(38)2;1-2(3)4;1-2/h4-5,10,12,20,22,24,26-27,33,36,42-43H,3,6-9,11,13-19,25,28H2,1-2H3;1H3,(H,3,4);1-2H3. The smallest absolute Gasteiger partial charge is 0.300 e. The number of likely N-dealkylation sites (tertiary alicyclic amines) is 1. The number of anilines is 1. The molecule has 3 N–H and O–H groups in total. The third kappa shape index (κ3) is 9.75. The molecule has 7 rings (SSSR count). The summed E-state index contributed by atoms with van der Waals surface area (Å²) in [5, 5.41) is 15.2. The van der Waals surface area contributed by atoms with Crippen molar-refractivity contribution in [3.8, 4) is 11.8 Å². The predicted octanol–water partition coefficient (Wildman–Crippen LogP) is 10.9. The first-order chi connectivity index (χ1) is 24.3. The Labute approximate surface area is 302 Å². The number of nitrogens with one attached hydrogen (secondary N) is 2. The van der Waals surface area contributed by atoms with E-state index in [9.17, 15) is 0 Å². The minimum Gasteiger partial charge on any atom is -0.481 e. The van der Waals surface area contributed by atoms with Crippen molar-refractivity contribution in [3.63, 3.8) is 0 Å². The van der Waals surface area contributed by atoms with E-state index in [1.165, 1.54) is 116 Å². The summed E-state index contributed by atoms with van der Waals surface area (Å²) in [6, 6.07) is 16.3. The summed E-state index contributed by atoms with van der Waals surface area (Å²) in [7, 11) is 0. The van der Waals surface area contributed by atoms with Gasteiger partial charge in [0.15, 0.2) is 0 Å². The quantitative estimate of drug-likeness (QED) is 0.243. The van der Waals surface area contributed by atoms with E-state index in [2.05, 4.69) is 95.8 Å². The van der Waals surface area contributed by atoms with Crippen molar-refractivity contribution in [2.75, 3.05) is 11.9 Å². The first-order valence-electron chi connectivity index (χ1n) is 19.3. The molecule has 1 heterocycles. The van der Waals surface area contributed by atoms with Gasteiger partial charge in [0.1, 0.15) is 5.82 Å². The first kappa shape index (κ1) is 37.1. The summed E-state index contributed by atoms with van der Waals surface area (Å²) in [5.41, 5.74) is 14.2. The van der Waals surface area contributed by atoms with Crippen LogP contribution in [0.15, 0.2) is 88.6 Å². The second-order valence-corrected chi connectivity index (χ2v) is 14.4. The van der Waals surface area contributed by atoms with Gasteiger partial charge in [-0.1, -0.05) is 68.0 Å². The molecule has 50 heavy (non-hydrogen) atoms. The Hall–Kier alpha value is -4.17. The number of allylic oxidation sites excluding steroid dienone is 6. The molecule has 5 nitrogen and oxygen atoms in total. The van der Waals surface area contributed by atoms with E-state index in [0.29, 0.717) is 12.0 Å². The van der Waals surface area contributed by atoms with Crippen LogP contribution >= 0.6 is 0 Å². The molecule has 0 amide bonds. The van der Waals surface area contributed by atoms with Gasteiger partial charge in [0.05, 0.1) is 6.04 Å². The molecule has 5 aliphatic rings. The number of hydrogen-bond donors (Lipinski definition) is 3. The first-order valence-corrected chi connectivity index (χ1v) is 19.3. The number of carboxylic acids is 1. The molecule has 0 aromatic heterocycles. The SMILES string of the molecule is CC.CC(=O)O.CC1=C(NC(Nc2ccc(CC(=C3CCC3)N3CCCC3C#Cc3cccc(C)c3)cc2C2CCC2)=C2CCC2)C=CCC1. The molecule has 2 aromatic carbocycles. The number of benzene rings is 2. The fraction of sp³-hybridized carbons (Fsp3) is 0.489. The summed E-state index contributed by atoms with van der Waals surface area (Å²) in [6.07, 6.45) is 21.8. The van der Waals surface area contributed by atoms with Crippen LogP contribution in [0.1, 0.15) is 139 Å². The Balaban J connectivity index is 0.000000758. The van der Waals surface area contributed by atoms with Crippen LogP contribution < -0.4 is 10.6 Å². The fourth-order valence-corrected chi connectivity index (χ4v) is 7.29. The monoisotopic (exact) mass is 673 g/mol. The van der Waals surface area contributed by atoms with Crippen molar-refractivity contribution in [1.82, 2.24) is 10.2 Å². The highest BCUT2D eigenvalue weighted by Crippen LogP contribution is 2.42. The summed E-state index contributed by atoms with van der Waals surface area (Å²) in [5.74, 6) is 8.28. The molecule has 2 aromatic rings. The second-order valence-electron chi connectivity index (χ2n) is 14.4. The zero-order valence-corrected chi connectivity index (χ0v) is 31.3. The summed E-state index contributed by atoms with van der Waals surface area (Å²) >= 11 is 0. The van der Waals surface area contributed by atoms with E-state index >= 15 is 0 Å². The van der Waals surface area contributed by atoms with E-state index in [0.717, 1.165) is 38.3 Å². The topological polar surface area (TPSA) is 64.6 Å². The Bertz CT molecular complexity index is 1680. The number of aryl methyl sites for hydroxylation is 1. The van der Waals surface area contributed by atoms with E-state index in [1.807, 2.05) is 13.8 Å². The Morgan fingerprint density at radius 2 is 1.64 bits per heavy atom. The van der Waals surface area contributed by atoms with E-state index in [1.54, 1.807) is 11.3 Å². The summed E-state index contributed by atoms with van der Waals surface area (Å²) in [4.78, 5) is 11.7. The van der Waals surface area contributed by atoms with Crippen molar-refractivity contribution in [2.45, 2.75) is 136 Å². The molecular formula is C45H59N3O2. The van der Waals surface area contributed by atoms with Crippen LogP contribution in [0.5, 0.6) is 0 Å². The fourth-order valence-electron chi connectivity index (χ4n) is 7.29. The third-order valence-corrected chi connectivity index (χ3v) is 10.7. The molecule has 0 radical (unpaired) electrons. The van der Waals surface area contributed by atoms with Crippen LogP contribution in [0.4, 0.5) is 5.69 Å². The molecule has 4 aliphatic carbocycles. The van der Waals surface area contributed by atoms with Crippen LogP contribution in [-0.4, -0.2) is 28.6 Å². The number of carboxylic acid groups (broad SMARTS) is 1. The Morgan fingerprint density at radius 1 is 0.900 bits per heavy atom. The molecule has 1 atom stereocenters. The normalized spacial score (nSPS) is 19.3. The second kappa shape index (κ2) is 18.2. The predicted molar refractivity (Wildman–Crippen MR) is 209 cm³/mol. The molecule has 0 bridgehead atoms. The van der Waals surface area contributed by atoms with Gasteiger partial charge in [0.25, 0.3) is 5.97 Å². The van der Waals surface area contributed by atoms with Gasteiger partial charge in [0, 0.05) is 42.5 Å². The highest BCUT2D eigenvalue weighted by atomic mass is 16.4. The van der Waals surface area contributed by atoms with Crippen molar-refractivity contribution >= 4 is 11.7 Å². The lowest BCUT2D eigenvalue weighted by Gasteiger charge is -2.34. The van der Waals surface area contributed by atoms with E-state index in [-0.39, 0.29) is 0 Å². The van der Waals surface area contributed by atoms with Crippen LogP contribution in [0.3, 0.4) is 0 Å². The van der Waals surface area contributed by atoms with Crippen molar-refractivity contribution in [2.24, 2.45) is 0 Å². The zero-order valence-electron chi connectivity index (χ0n) is 31.3. The van der Waals surface area contributed by atoms with Crippen molar-refractivity contribution in [3.05, 3.63) is 111 Å². The lowest BCUT2D eigenvalue weighted by Crippen LogP contribution is -2.31. The van der Waals surface area contributed by atoms with Crippen LogP contribution in [-0.2, 0) is 11.2 Å². The minimum atomic E-state index is -0.833. The average molecular weight is 674 g/mol. The maximum absolute atomic E-state index is 9.00. The number of rotatable bonds is 8. The van der Waals surface area contributed by atoms with Gasteiger partial charge in [-0.15, -0.1) is 0 Å². The maximum atomic E-state index is 9.00. The van der Waals surface area contributed by atoms with Gasteiger partial charge in [-0.3, -0.25) is 4.79 Å². The molecule has 3 saturated carbocycles. The lowest BCUT2D eigenvalue weighted by atomic mass is 9.78. The molecule has 266 valence electrons. The summed E-state index contributed by atoms with van der Waals surface area (Å²) < 4.78 is 0. The van der Waals surface area contributed by atoms with Gasteiger partial charge < -0.3 is 20.6 Å². The molecule has 1 saturated heterocycles. The lowest BCUT2D eigenvalue weighted by molar-refractivity contribution is -0.134.